The molecule has 1 aliphatic rings. The molecule has 3 rings (SSSR count). The lowest BCUT2D eigenvalue weighted by molar-refractivity contribution is -0.0813. The van der Waals surface area contributed by atoms with Crippen molar-refractivity contribution in [2.75, 3.05) is 18.9 Å². The number of halogens is 2. The Morgan fingerprint density at radius 1 is 1.30 bits per heavy atom. The highest BCUT2D eigenvalue weighted by molar-refractivity contribution is 6.30. The van der Waals surface area contributed by atoms with Gasteiger partial charge in [0.1, 0.15) is 11.9 Å². The van der Waals surface area contributed by atoms with E-state index in [1.165, 1.54) is 24.3 Å². The van der Waals surface area contributed by atoms with E-state index < -0.39 is 5.82 Å². The number of anilines is 1. The minimum absolute atomic E-state index is 0.0552. The summed E-state index contributed by atoms with van der Waals surface area (Å²) in [6, 6.07) is 5.72. The van der Waals surface area contributed by atoms with Crippen LogP contribution >= 0.6 is 11.6 Å². The van der Waals surface area contributed by atoms with Crippen LogP contribution in [0.3, 0.4) is 0 Å². The van der Waals surface area contributed by atoms with Crippen LogP contribution in [-0.4, -0.2) is 29.5 Å². The first kappa shape index (κ1) is 13.1. The topological polar surface area (TPSA) is 70.3 Å². The molecule has 7 heteroatoms. The van der Waals surface area contributed by atoms with E-state index in [0.717, 1.165) is 0 Å². The van der Waals surface area contributed by atoms with Gasteiger partial charge in [0.2, 0.25) is 0 Å². The van der Waals surface area contributed by atoms with Crippen molar-refractivity contribution in [3.8, 4) is 17.1 Å². The van der Waals surface area contributed by atoms with Crippen molar-refractivity contribution < 1.29 is 13.9 Å². The number of nitrogens with two attached hydrogens (primary N) is 1. The normalized spacial score (nSPS) is 14.9. The van der Waals surface area contributed by atoms with Crippen LogP contribution < -0.4 is 10.5 Å². The molecule has 0 atom stereocenters. The molecule has 0 amide bonds. The van der Waals surface area contributed by atoms with E-state index in [0.29, 0.717) is 29.6 Å². The van der Waals surface area contributed by atoms with E-state index in [2.05, 4.69) is 10.2 Å². The molecule has 1 aromatic heterocycles. The number of aromatic nitrogens is 2. The zero-order valence-corrected chi connectivity index (χ0v) is 11.1. The van der Waals surface area contributed by atoms with Crippen LogP contribution in [0.5, 0.6) is 5.88 Å². The summed E-state index contributed by atoms with van der Waals surface area (Å²) in [5.74, 6) is -0.214. The van der Waals surface area contributed by atoms with Gasteiger partial charge in [-0.15, -0.1) is 10.2 Å². The van der Waals surface area contributed by atoms with Crippen LogP contribution in [0.4, 0.5) is 10.1 Å². The molecule has 5 nitrogen and oxygen atoms in total. The van der Waals surface area contributed by atoms with Crippen LogP contribution in [0.15, 0.2) is 24.3 Å². The van der Waals surface area contributed by atoms with Gasteiger partial charge >= 0.3 is 0 Å². The van der Waals surface area contributed by atoms with Gasteiger partial charge in [-0.05, 0) is 24.3 Å². The molecule has 1 aliphatic heterocycles. The first-order chi connectivity index (χ1) is 9.63. The number of hydrogen-bond donors (Lipinski definition) is 1. The molecule has 2 N–H and O–H groups in total. The summed E-state index contributed by atoms with van der Waals surface area (Å²) in [5, 5.41) is 8.22. The Balaban J connectivity index is 1.91. The van der Waals surface area contributed by atoms with Crippen molar-refractivity contribution in [3.63, 3.8) is 0 Å². The Bertz CT molecular complexity index is 650. The summed E-state index contributed by atoms with van der Waals surface area (Å²) in [5.41, 5.74) is 6.69. The molecule has 0 radical (unpaired) electrons. The zero-order valence-electron chi connectivity index (χ0n) is 10.3. The molecule has 0 unspecified atom stereocenters. The minimum atomic E-state index is -0.441. The fourth-order valence-electron chi connectivity index (χ4n) is 1.75. The third kappa shape index (κ3) is 2.52. The highest BCUT2D eigenvalue weighted by Gasteiger charge is 2.22. The maximum absolute atomic E-state index is 13.7. The number of rotatable bonds is 3. The van der Waals surface area contributed by atoms with Crippen molar-refractivity contribution in [2.45, 2.75) is 6.10 Å². The maximum Gasteiger partial charge on any atom is 0.257 e. The van der Waals surface area contributed by atoms with Gasteiger partial charge in [-0.25, -0.2) is 4.39 Å². The van der Waals surface area contributed by atoms with Gasteiger partial charge in [-0.2, -0.15) is 0 Å². The largest absolute Gasteiger partial charge is 0.467 e. The monoisotopic (exact) mass is 295 g/mol. The smallest absolute Gasteiger partial charge is 0.257 e. The predicted octanol–water partition coefficient (Wildman–Crippen LogP) is 2.30. The van der Waals surface area contributed by atoms with Gasteiger partial charge in [0.25, 0.3) is 5.88 Å². The Kier molecular flexibility index (Phi) is 3.42. The molecular weight excluding hydrogens is 285 g/mol. The van der Waals surface area contributed by atoms with E-state index in [9.17, 15) is 4.39 Å². The second kappa shape index (κ2) is 5.22. The Morgan fingerprint density at radius 3 is 2.75 bits per heavy atom. The molecule has 2 heterocycles. The van der Waals surface area contributed by atoms with Gasteiger partial charge in [-0.1, -0.05) is 11.6 Å². The summed E-state index contributed by atoms with van der Waals surface area (Å²) in [6.45, 7) is 1.01. The molecule has 0 spiro atoms. The predicted molar refractivity (Wildman–Crippen MR) is 72.1 cm³/mol. The summed E-state index contributed by atoms with van der Waals surface area (Å²) in [6.07, 6.45) is -0.0552. The van der Waals surface area contributed by atoms with Crippen LogP contribution in [-0.2, 0) is 4.74 Å². The molecule has 0 aliphatic carbocycles. The van der Waals surface area contributed by atoms with Crippen molar-refractivity contribution in [2.24, 2.45) is 0 Å². The van der Waals surface area contributed by atoms with Crippen LogP contribution in [0.2, 0.25) is 5.02 Å². The molecule has 1 fully saturated rings. The maximum atomic E-state index is 13.7. The lowest BCUT2D eigenvalue weighted by Gasteiger charge is -2.26. The number of nitrogen functional groups attached to an aromatic ring is 1. The average molecular weight is 296 g/mol. The van der Waals surface area contributed by atoms with E-state index in [1.54, 1.807) is 0 Å². The van der Waals surface area contributed by atoms with Gasteiger partial charge in [0, 0.05) is 10.6 Å². The number of nitrogens with zero attached hydrogens (tertiary/aromatic N) is 2. The highest BCUT2D eigenvalue weighted by Crippen LogP contribution is 2.28. The second-order valence-corrected chi connectivity index (χ2v) is 4.83. The molecular formula is C13H11ClFN3O2. The number of hydrogen-bond acceptors (Lipinski definition) is 5. The SMILES string of the molecule is Nc1cc(-c2cc(Cl)ccc2F)nnc1OC1COC1. The molecule has 1 aromatic carbocycles. The van der Waals surface area contributed by atoms with E-state index in [1.807, 2.05) is 0 Å². The molecule has 20 heavy (non-hydrogen) atoms. The van der Waals surface area contributed by atoms with Gasteiger partial charge in [0.05, 0.1) is 24.6 Å². The quantitative estimate of drug-likeness (QED) is 0.941. The van der Waals surface area contributed by atoms with E-state index >= 15 is 0 Å². The van der Waals surface area contributed by atoms with E-state index in [-0.39, 0.29) is 17.5 Å². The number of ether oxygens (including phenoxy) is 2. The second-order valence-electron chi connectivity index (χ2n) is 4.39. The zero-order chi connectivity index (χ0) is 14.1. The Hall–Kier alpha value is -1.92. The van der Waals surface area contributed by atoms with Gasteiger partial charge in [0.15, 0.2) is 0 Å². The molecule has 2 aromatic rings. The average Bonchev–Trinajstić information content (AvgIpc) is 2.38. The van der Waals surface area contributed by atoms with E-state index in [4.69, 9.17) is 26.8 Å². The lowest BCUT2D eigenvalue weighted by Crippen LogP contribution is -2.39. The fourth-order valence-corrected chi connectivity index (χ4v) is 1.92. The number of benzene rings is 1. The third-order valence-electron chi connectivity index (χ3n) is 2.88. The third-order valence-corrected chi connectivity index (χ3v) is 3.11. The standard InChI is InChI=1S/C13H11ClFN3O2/c14-7-1-2-10(15)9(3-7)12-4-11(16)13(18-17-12)20-8-5-19-6-8/h1-4,8H,5-6H2,(H2,16,17). The van der Waals surface area contributed by atoms with Crippen LogP contribution in [0.25, 0.3) is 11.3 Å². The lowest BCUT2D eigenvalue weighted by atomic mass is 10.1. The Labute approximate surface area is 119 Å². The summed E-state index contributed by atoms with van der Waals surface area (Å²) >= 11 is 5.85. The van der Waals surface area contributed by atoms with Gasteiger partial charge < -0.3 is 15.2 Å². The Morgan fingerprint density at radius 2 is 2.10 bits per heavy atom. The van der Waals surface area contributed by atoms with Crippen LogP contribution in [0, 0.1) is 5.82 Å². The molecule has 0 bridgehead atoms. The molecule has 1 saturated heterocycles. The first-order valence-corrected chi connectivity index (χ1v) is 6.34. The fraction of sp³-hybridized carbons (Fsp3) is 0.231. The molecule has 104 valence electrons. The first-order valence-electron chi connectivity index (χ1n) is 5.96. The van der Waals surface area contributed by atoms with Crippen molar-refractivity contribution in [1.82, 2.24) is 10.2 Å². The van der Waals surface area contributed by atoms with Crippen molar-refractivity contribution in [1.29, 1.82) is 0 Å². The van der Waals surface area contributed by atoms with Crippen molar-refractivity contribution >= 4 is 17.3 Å². The van der Waals surface area contributed by atoms with Crippen molar-refractivity contribution in [3.05, 3.63) is 35.1 Å². The van der Waals surface area contributed by atoms with Gasteiger partial charge in [-0.3, -0.25) is 0 Å². The van der Waals surface area contributed by atoms with Crippen LogP contribution in [0.1, 0.15) is 0 Å². The summed E-state index contributed by atoms with van der Waals surface area (Å²) in [4.78, 5) is 0. The minimum Gasteiger partial charge on any atom is -0.467 e. The summed E-state index contributed by atoms with van der Waals surface area (Å²) in [7, 11) is 0. The molecule has 0 saturated carbocycles. The highest BCUT2D eigenvalue weighted by atomic mass is 35.5. The summed E-state index contributed by atoms with van der Waals surface area (Å²) < 4.78 is 24.2.